The van der Waals surface area contributed by atoms with Crippen molar-refractivity contribution in [2.24, 2.45) is 0 Å². The van der Waals surface area contributed by atoms with Crippen molar-refractivity contribution >= 4 is 15.8 Å². The standard InChI is InChI=1S/C15H24N4O2S/c1-12-10-14(18-7-3-4-8-18)17-15(16-12)13-6-5-9-19(11-13)22(2,20)21/h10,13H,3-9,11H2,1-2H3/t13-/m0/s1. The normalized spacial score (nSPS) is 23.9. The molecule has 1 aromatic rings. The van der Waals surface area contributed by atoms with Crippen LogP contribution in [0.3, 0.4) is 0 Å². The van der Waals surface area contributed by atoms with Crippen molar-refractivity contribution < 1.29 is 8.42 Å². The van der Waals surface area contributed by atoms with Gasteiger partial charge in [0, 0.05) is 43.9 Å². The highest BCUT2D eigenvalue weighted by molar-refractivity contribution is 7.88. The molecule has 0 radical (unpaired) electrons. The third kappa shape index (κ3) is 3.41. The molecule has 22 heavy (non-hydrogen) atoms. The minimum absolute atomic E-state index is 0.102. The fourth-order valence-electron chi connectivity index (χ4n) is 3.32. The molecule has 0 spiro atoms. The highest BCUT2D eigenvalue weighted by Crippen LogP contribution is 2.28. The summed E-state index contributed by atoms with van der Waals surface area (Å²) >= 11 is 0. The first-order valence-corrected chi connectivity index (χ1v) is 9.84. The van der Waals surface area contributed by atoms with Crippen molar-refractivity contribution in [2.45, 2.75) is 38.5 Å². The van der Waals surface area contributed by atoms with Gasteiger partial charge in [-0.15, -0.1) is 0 Å². The Hall–Kier alpha value is -1.21. The number of sulfonamides is 1. The van der Waals surface area contributed by atoms with E-state index in [9.17, 15) is 8.42 Å². The van der Waals surface area contributed by atoms with Crippen molar-refractivity contribution in [3.63, 3.8) is 0 Å². The Morgan fingerprint density at radius 2 is 1.86 bits per heavy atom. The maximum Gasteiger partial charge on any atom is 0.211 e. The predicted molar refractivity (Wildman–Crippen MR) is 86.6 cm³/mol. The third-order valence-electron chi connectivity index (χ3n) is 4.51. The van der Waals surface area contributed by atoms with E-state index >= 15 is 0 Å². The van der Waals surface area contributed by atoms with Crippen LogP contribution in [0.15, 0.2) is 6.07 Å². The van der Waals surface area contributed by atoms with E-state index < -0.39 is 10.0 Å². The van der Waals surface area contributed by atoms with Crippen LogP contribution >= 0.6 is 0 Å². The van der Waals surface area contributed by atoms with E-state index in [0.717, 1.165) is 43.3 Å². The number of piperidine rings is 1. The van der Waals surface area contributed by atoms with Gasteiger partial charge in [-0.25, -0.2) is 22.7 Å². The predicted octanol–water partition coefficient (Wildman–Crippen LogP) is 1.52. The van der Waals surface area contributed by atoms with E-state index in [-0.39, 0.29) is 5.92 Å². The van der Waals surface area contributed by atoms with Gasteiger partial charge in [0.2, 0.25) is 10.0 Å². The zero-order valence-corrected chi connectivity index (χ0v) is 14.1. The number of rotatable bonds is 3. The first-order valence-electron chi connectivity index (χ1n) is 7.99. The summed E-state index contributed by atoms with van der Waals surface area (Å²) < 4.78 is 25.1. The van der Waals surface area contributed by atoms with Crippen molar-refractivity contribution in [2.75, 3.05) is 37.3 Å². The van der Waals surface area contributed by atoms with Gasteiger partial charge >= 0.3 is 0 Å². The van der Waals surface area contributed by atoms with Crippen molar-refractivity contribution in [1.82, 2.24) is 14.3 Å². The molecule has 2 aliphatic heterocycles. The molecule has 2 aliphatic rings. The fourth-order valence-corrected chi connectivity index (χ4v) is 4.23. The van der Waals surface area contributed by atoms with Gasteiger partial charge < -0.3 is 4.90 Å². The summed E-state index contributed by atoms with van der Waals surface area (Å²) in [5.41, 5.74) is 0.961. The molecule has 3 heterocycles. The molecule has 0 unspecified atom stereocenters. The second kappa shape index (κ2) is 6.12. The lowest BCUT2D eigenvalue weighted by Gasteiger charge is -2.30. The molecule has 3 rings (SSSR count). The highest BCUT2D eigenvalue weighted by Gasteiger charge is 2.29. The maximum atomic E-state index is 11.8. The molecule has 2 saturated heterocycles. The minimum Gasteiger partial charge on any atom is -0.357 e. The smallest absolute Gasteiger partial charge is 0.211 e. The van der Waals surface area contributed by atoms with Crippen LogP contribution < -0.4 is 4.90 Å². The molecule has 0 N–H and O–H groups in total. The lowest BCUT2D eigenvalue weighted by Crippen LogP contribution is -2.39. The van der Waals surface area contributed by atoms with Crippen LogP contribution in [0.5, 0.6) is 0 Å². The molecule has 2 fully saturated rings. The molecule has 1 aromatic heterocycles. The Balaban J connectivity index is 1.84. The summed E-state index contributed by atoms with van der Waals surface area (Å²) in [6, 6.07) is 2.03. The largest absolute Gasteiger partial charge is 0.357 e. The Bertz CT molecular complexity index is 641. The molecule has 6 nitrogen and oxygen atoms in total. The van der Waals surface area contributed by atoms with E-state index in [4.69, 9.17) is 4.98 Å². The van der Waals surface area contributed by atoms with E-state index in [0.29, 0.717) is 13.1 Å². The van der Waals surface area contributed by atoms with Gasteiger partial charge in [0.15, 0.2) is 0 Å². The van der Waals surface area contributed by atoms with E-state index in [1.807, 2.05) is 13.0 Å². The Morgan fingerprint density at radius 3 is 2.55 bits per heavy atom. The van der Waals surface area contributed by atoms with E-state index in [2.05, 4.69) is 9.88 Å². The average molecular weight is 324 g/mol. The fraction of sp³-hybridized carbons (Fsp3) is 0.733. The van der Waals surface area contributed by atoms with Crippen LogP contribution in [-0.2, 0) is 10.0 Å². The van der Waals surface area contributed by atoms with Gasteiger partial charge in [-0.2, -0.15) is 0 Å². The van der Waals surface area contributed by atoms with Crippen molar-refractivity contribution in [3.8, 4) is 0 Å². The summed E-state index contributed by atoms with van der Waals surface area (Å²) in [6.07, 6.45) is 5.53. The van der Waals surface area contributed by atoms with Crippen LogP contribution in [0.2, 0.25) is 0 Å². The molecule has 0 amide bonds. The molecule has 1 atom stereocenters. The Kier molecular flexibility index (Phi) is 4.36. The summed E-state index contributed by atoms with van der Waals surface area (Å²) in [7, 11) is -3.14. The molecule has 122 valence electrons. The number of nitrogens with zero attached hydrogens (tertiary/aromatic N) is 4. The van der Waals surface area contributed by atoms with Gasteiger partial charge in [-0.05, 0) is 32.6 Å². The summed E-state index contributed by atoms with van der Waals surface area (Å²) in [5.74, 6) is 1.90. The molecule has 0 saturated carbocycles. The molecule has 0 aromatic carbocycles. The molecular weight excluding hydrogens is 300 g/mol. The molecular formula is C15H24N4O2S. The van der Waals surface area contributed by atoms with E-state index in [1.165, 1.54) is 19.1 Å². The molecule has 0 bridgehead atoms. The van der Waals surface area contributed by atoms with Gasteiger partial charge in [-0.3, -0.25) is 0 Å². The topological polar surface area (TPSA) is 66.4 Å². The summed E-state index contributed by atoms with van der Waals surface area (Å²) in [5, 5.41) is 0. The number of hydrogen-bond donors (Lipinski definition) is 0. The average Bonchev–Trinajstić information content (AvgIpc) is 3.00. The minimum atomic E-state index is -3.14. The maximum absolute atomic E-state index is 11.8. The molecule has 7 heteroatoms. The van der Waals surface area contributed by atoms with Crippen LogP contribution in [0.1, 0.15) is 43.1 Å². The third-order valence-corrected chi connectivity index (χ3v) is 5.78. The van der Waals surface area contributed by atoms with Crippen molar-refractivity contribution in [1.29, 1.82) is 0 Å². The first-order chi connectivity index (χ1) is 10.4. The summed E-state index contributed by atoms with van der Waals surface area (Å²) in [4.78, 5) is 11.6. The Morgan fingerprint density at radius 1 is 1.14 bits per heavy atom. The van der Waals surface area contributed by atoms with Crippen molar-refractivity contribution in [3.05, 3.63) is 17.6 Å². The zero-order chi connectivity index (χ0) is 15.7. The van der Waals surface area contributed by atoms with E-state index in [1.54, 1.807) is 4.31 Å². The number of hydrogen-bond acceptors (Lipinski definition) is 5. The first kappa shape index (κ1) is 15.7. The van der Waals surface area contributed by atoms with Crippen LogP contribution in [0.4, 0.5) is 5.82 Å². The van der Waals surface area contributed by atoms with Crippen LogP contribution in [-0.4, -0.2) is 55.1 Å². The Labute approximate surface area is 132 Å². The number of aromatic nitrogens is 2. The zero-order valence-electron chi connectivity index (χ0n) is 13.3. The second-order valence-electron chi connectivity index (χ2n) is 6.38. The summed E-state index contributed by atoms with van der Waals surface area (Å²) in [6.45, 7) is 5.20. The second-order valence-corrected chi connectivity index (χ2v) is 8.36. The lowest BCUT2D eigenvalue weighted by atomic mass is 9.98. The number of anilines is 1. The van der Waals surface area contributed by atoms with Crippen LogP contribution in [0, 0.1) is 6.92 Å². The van der Waals surface area contributed by atoms with Crippen LogP contribution in [0.25, 0.3) is 0 Å². The lowest BCUT2D eigenvalue weighted by molar-refractivity contribution is 0.311. The SMILES string of the molecule is Cc1cc(N2CCCC2)nc([C@H]2CCCN(S(C)(=O)=O)C2)n1. The van der Waals surface area contributed by atoms with Gasteiger partial charge in [0.25, 0.3) is 0 Å². The monoisotopic (exact) mass is 324 g/mol. The highest BCUT2D eigenvalue weighted by atomic mass is 32.2. The van der Waals surface area contributed by atoms with Gasteiger partial charge in [0.05, 0.1) is 6.26 Å². The van der Waals surface area contributed by atoms with Gasteiger partial charge in [-0.1, -0.05) is 0 Å². The van der Waals surface area contributed by atoms with Gasteiger partial charge in [0.1, 0.15) is 11.6 Å². The molecule has 0 aliphatic carbocycles. The quantitative estimate of drug-likeness (QED) is 0.843. The number of aryl methyl sites for hydroxylation is 1.